The van der Waals surface area contributed by atoms with E-state index in [0.29, 0.717) is 55.0 Å². The molecule has 0 radical (unpaired) electrons. The van der Waals surface area contributed by atoms with Crippen LogP contribution < -0.4 is 20.3 Å². The molecule has 39 heavy (non-hydrogen) atoms. The average molecular weight is 532 g/mol. The van der Waals surface area contributed by atoms with Gasteiger partial charge < -0.3 is 29.7 Å². The zero-order valence-corrected chi connectivity index (χ0v) is 23.0. The maximum atomic E-state index is 15.7. The highest BCUT2D eigenvalue weighted by Crippen LogP contribution is 2.39. The number of carbonyl (C=O) groups is 1. The number of nitrogens with one attached hydrogen (secondary N) is 2. The van der Waals surface area contributed by atoms with E-state index in [1.807, 2.05) is 50.0 Å². The van der Waals surface area contributed by atoms with Gasteiger partial charge in [-0.1, -0.05) is 18.2 Å². The number of rotatable bonds is 9. The molecule has 0 atom stereocenters. The van der Waals surface area contributed by atoms with Crippen LogP contribution >= 0.6 is 0 Å². The van der Waals surface area contributed by atoms with Crippen LogP contribution in [0.15, 0.2) is 42.6 Å². The van der Waals surface area contributed by atoms with E-state index in [9.17, 15) is 4.79 Å². The summed E-state index contributed by atoms with van der Waals surface area (Å²) in [6, 6.07) is 11.3. The van der Waals surface area contributed by atoms with Gasteiger partial charge in [0.2, 0.25) is 17.7 Å². The van der Waals surface area contributed by atoms with Crippen molar-refractivity contribution in [3.05, 3.63) is 54.0 Å². The lowest BCUT2D eigenvalue weighted by molar-refractivity contribution is -0.114. The standard InChI is InChI=1S/C29H34FN7O2/c1-6-37(13-12-35(3)4)27-23(30)15-19(16-24(27)31-18(2)38)32-29-33-26(21-11-14-39-28(21)34-29)22-17-36(5)25-10-8-7-9-20(22)25/h7-10,15-17H,6,11-14H2,1-5H3,(H,31,38)(H,32,33,34). The molecule has 0 fully saturated rings. The van der Waals surface area contributed by atoms with Gasteiger partial charge in [0, 0.05) is 73.9 Å². The summed E-state index contributed by atoms with van der Waals surface area (Å²) in [5.41, 5.74) is 4.99. The van der Waals surface area contributed by atoms with Crippen molar-refractivity contribution in [1.29, 1.82) is 0 Å². The smallest absolute Gasteiger partial charge is 0.231 e. The van der Waals surface area contributed by atoms with Crippen molar-refractivity contribution >= 4 is 39.8 Å². The number of ether oxygens (including phenoxy) is 1. The second-order valence-corrected chi connectivity index (χ2v) is 9.99. The van der Waals surface area contributed by atoms with Crippen molar-refractivity contribution in [2.24, 2.45) is 7.05 Å². The summed E-state index contributed by atoms with van der Waals surface area (Å²) in [5.74, 6) is 0.0860. The minimum Gasteiger partial charge on any atom is -0.477 e. The van der Waals surface area contributed by atoms with E-state index in [-0.39, 0.29) is 5.91 Å². The zero-order valence-electron chi connectivity index (χ0n) is 23.0. The Kier molecular flexibility index (Phi) is 7.38. The molecule has 1 amide bonds. The topological polar surface area (TPSA) is 87.6 Å². The number of anilines is 4. The quantitative estimate of drug-likeness (QED) is 0.321. The van der Waals surface area contributed by atoms with Crippen LogP contribution in [0.3, 0.4) is 0 Å². The van der Waals surface area contributed by atoms with E-state index in [2.05, 4.69) is 38.5 Å². The van der Waals surface area contributed by atoms with Crippen molar-refractivity contribution < 1.29 is 13.9 Å². The number of hydrogen-bond acceptors (Lipinski definition) is 7. The van der Waals surface area contributed by atoms with Gasteiger partial charge in [0.25, 0.3) is 0 Å². The minimum absolute atomic E-state index is 0.281. The molecule has 10 heteroatoms. The fourth-order valence-corrected chi connectivity index (χ4v) is 5.02. The number of carbonyl (C=O) groups excluding carboxylic acids is 1. The largest absolute Gasteiger partial charge is 0.477 e. The van der Waals surface area contributed by atoms with Crippen molar-refractivity contribution in [3.8, 4) is 17.1 Å². The van der Waals surface area contributed by atoms with Crippen LogP contribution in [-0.4, -0.2) is 65.7 Å². The third-order valence-corrected chi connectivity index (χ3v) is 6.86. The molecule has 0 unspecified atom stereocenters. The second-order valence-electron chi connectivity index (χ2n) is 9.99. The van der Waals surface area contributed by atoms with Crippen LogP contribution in [0.25, 0.3) is 22.2 Å². The van der Waals surface area contributed by atoms with E-state index < -0.39 is 5.82 Å². The number of amides is 1. The highest BCUT2D eigenvalue weighted by molar-refractivity contribution is 5.97. The fraction of sp³-hybridized carbons (Fsp3) is 0.345. The number of hydrogen-bond donors (Lipinski definition) is 2. The molecular weight excluding hydrogens is 497 g/mol. The third kappa shape index (κ3) is 5.37. The molecule has 0 saturated heterocycles. The Morgan fingerprint density at radius 1 is 1.18 bits per heavy atom. The number of aromatic nitrogens is 3. The second kappa shape index (κ2) is 10.9. The summed E-state index contributed by atoms with van der Waals surface area (Å²) < 4.78 is 23.6. The fourth-order valence-electron chi connectivity index (χ4n) is 5.02. The summed E-state index contributed by atoms with van der Waals surface area (Å²) in [5, 5.41) is 7.05. The molecule has 1 aliphatic rings. The Morgan fingerprint density at radius 3 is 2.72 bits per heavy atom. The molecule has 4 aromatic rings. The minimum atomic E-state index is -0.448. The molecule has 9 nitrogen and oxygen atoms in total. The van der Waals surface area contributed by atoms with Crippen molar-refractivity contribution in [2.45, 2.75) is 20.3 Å². The van der Waals surface area contributed by atoms with Gasteiger partial charge in [-0.2, -0.15) is 4.98 Å². The summed E-state index contributed by atoms with van der Waals surface area (Å²) in [6.45, 7) is 5.85. The van der Waals surface area contributed by atoms with Crippen LogP contribution in [0.1, 0.15) is 19.4 Å². The molecule has 0 spiro atoms. The molecule has 2 aromatic heterocycles. The molecule has 1 aliphatic heterocycles. The molecule has 0 saturated carbocycles. The first-order chi connectivity index (χ1) is 18.7. The maximum absolute atomic E-state index is 15.7. The predicted molar refractivity (Wildman–Crippen MR) is 154 cm³/mol. The number of aryl methyl sites for hydroxylation is 1. The van der Waals surface area contributed by atoms with Crippen LogP contribution in [0.4, 0.5) is 27.4 Å². The van der Waals surface area contributed by atoms with Gasteiger partial charge in [0.1, 0.15) is 0 Å². The lowest BCUT2D eigenvalue weighted by Gasteiger charge is -2.28. The van der Waals surface area contributed by atoms with Crippen molar-refractivity contribution in [1.82, 2.24) is 19.4 Å². The van der Waals surface area contributed by atoms with Gasteiger partial charge in [-0.05, 0) is 39.2 Å². The first kappa shape index (κ1) is 26.4. The van der Waals surface area contributed by atoms with Gasteiger partial charge in [0.15, 0.2) is 5.82 Å². The summed E-state index contributed by atoms with van der Waals surface area (Å²) in [4.78, 5) is 25.5. The number of halogens is 1. The number of nitrogens with zero attached hydrogens (tertiary/aromatic N) is 5. The molecule has 2 aromatic carbocycles. The summed E-state index contributed by atoms with van der Waals surface area (Å²) in [7, 11) is 5.95. The molecule has 0 bridgehead atoms. The van der Waals surface area contributed by atoms with E-state index >= 15 is 4.39 Å². The first-order valence-corrected chi connectivity index (χ1v) is 13.1. The average Bonchev–Trinajstić information content (AvgIpc) is 3.49. The number of fused-ring (bicyclic) bond motifs is 2. The first-order valence-electron chi connectivity index (χ1n) is 13.1. The Bertz CT molecular complexity index is 1530. The van der Waals surface area contributed by atoms with Gasteiger partial charge in [-0.15, -0.1) is 0 Å². The van der Waals surface area contributed by atoms with Crippen LogP contribution in [0.2, 0.25) is 0 Å². The van der Waals surface area contributed by atoms with Gasteiger partial charge in [-0.25, -0.2) is 9.37 Å². The lowest BCUT2D eigenvalue weighted by Crippen LogP contribution is -2.33. The van der Waals surface area contributed by atoms with Crippen LogP contribution in [0, 0.1) is 5.82 Å². The van der Waals surface area contributed by atoms with Crippen LogP contribution in [-0.2, 0) is 18.3 Å². The van der Waals surface area contributed by atoms with Gasteiger partial charge in [-0.3, -0.25) is 4.79 Å². The monoisotopic (exact) mass is 531 g/mol. The molecule has 3 heterocycles. The summed E-state index contributed by atoms with van der Waals surface area (Å²) in [6.07, 6.45) is 2.77. The number of likely N-dealkylation sites (N-methyl/N-ethyl adjacent to an activating group) is 2. The van der Waals surface area contributed by atoms with Crippen molar-refractivity contribution in [2.75, 3.05) is 55.9 Å². The van der Waals surface area contributed by atoms with E-state index in [1.165, 1.54) is 13.0 Å². The molecular formula is C29H34FN7O2. The van der Waals surface area contributed by atoms with E-state index in [4.69, 9.17) is 9.72 Å². The Hall–Kier alpha value is -4.18. The van der Waals surface area contributed by atoms with Gasteiger partial charge in [0.05, 0.1) is 23.7 Å². The van der Waals surface area contributed by atoms with Crippen molar-refractivity contribution in [3.63, 3.8) is 0 Å². The number of benzene rings is 2. The van der Waals surface area contributed by atoms with E-state index in [0.717, 1.165) is 34.3 Å². The summed E-state index contributed by atoms with van der Waals surface area (Å²) >= 11 is 0. The SMILES string of the molecule is CCN(CCN(C)C)c1c(F)cc(Nc2nc3c(c(-c4cn(C)c5ccccc45)n2)CCO3)cc1NC(C)=O. The van der Waals surface area contributed by atoms with E-state index in [1.54, 1.807) is 6.07 Å². The highest BCUT2D eigenvalue weighted by atomic mass is 19.1. The Labute approximate surface area is 227 Å². The number of para-hydroxylation sites is 1. The highest BCUT2D eigenvalue weighted by Gasteiger charge is 2.25. The molecule has 5 rings (SSSR count). The predicted octanol–water partition coefficient (Wildman–Crippen LogP) is 4.80. The molecule has 2 N–H and O–H groups in total. The third-order valence-electron chi connectivity index (χ3n) is 6.86. The van der Waals surface area contributed by atoms with Gasteiger partial charge >= 0.3 is 0 Å². The van der Waals surface area contributed by atoms with Crippen LogP contribution in [0.5, 0.6) is 5.88 Å². The normalized spacial score (nSPS) is 12.5. The maximum Gasteiger partial charge on any atom is 0.231 e. The molecule has 0 aliphatic carbocycles. The Balaban J connectivity index is 1.55. The Morgan fingerprint density at radius 2 is 1.97 bits per heavy atom. The molecule has 204 valence electrons. The zero-order chi connectivity index (χ0) is 27.7. The lowest BCUT2D eigenvalue weighted by atomic mass is 10.0.